The van der Waals surface area contributed by atoms with Crippen molar-refractivity contribution in [2.75, 3.05) is 18.5 Å². The summed E-state index contributed by atoms with van der Waals surface area (Å²) in [6.07, 6.45) is 5.61. The lowest BCUT2D eigenvalue weighted by atomic mass is 9.96. The number of anilines is 1. The predicted octanol–water partition coefficient (Wildman–Crippen LogP) is 3.19. The van der Waals surface area contributed by atoms with E-state index in [1.54, 1.807) is 0 Å². The normalized spacial score (nSPS) is 20.4. The third-order valence-corrected chi connectivity index (χ3v) is 4.00. The van der Waals surface area contributed by atoms with E-state index in [1.165, 1.54) is 19.3 Å². The molecular weight excluding hydrogens is 268 g/mol. The van der Waals surface area contributed by atoms with E-state index in [9.17, 15) is 4.79 Å². The first kappa shape index (κ1) is 14.4. The number of urea groups is 1. The van der Waals surface area contributed by atoms with Crippen molar-refractivity contribution < 1.29 is 14.3 Å². The largest absolute Gasteiger partial charge is 0.346 e. The van der Waals surface area contributed by atoms with E-state index in [-0.39, 0.29) is 12.3 Å². The number of hydrogen-bond acceptors (Lipinski definition) is 3. The third kappa shape index (κ3) is 3.95. The van der Waals surface area contributed by atoms with Crippen LogP contribution in [0.4, 0.5) is 10.5 Å². The van der Waals surface area contributed by atoms with Crippen LogP contribution in [-0.2, 0) is 9.47 Å². The van der Waals surface area contributed by atoms with Crippen LogP contribution >= 0.6 is 0 Å². The second-order valence-electron chi connectivity index (χ2n) is 5.63. The molecule has 0 radical (unpaired) electrons. The number of carbonyl (C=O) groups is 1. The molecule has 0 aromatic heterocycles. The summed E-state index contributed by atoms with van der Waals surface area (Å²) in [5.41, 5.74) is 1.76. The fourth-order valence-electron chi connectivity index (χ4n) is 2.87. The number of nitrogens with one attached hydrogen (secondary N) is 2. The van der Waals surface area contributed by atoms with E-state index >= 15 is 0 Å². The van der Waals surface area contributed by atoms with Crippen LogP contribution < -0.4 is 10.6 Å². The number of benzene rings is 1. The number of rotatable bonds is 3. The zero-order valence-corrected chi connectivity index (χ0v) is 12.1. The lowest BCUT2D eigenvalue weighted by Gasteiger charge is -2.22. The van der Waals surface area contributed by atoms with Crippen molar-refractivity contribution in [2.24, 2.45) is 0 Å². The van der Waals surface area contributed by atoms with Crippen molar-refractivity contribution in [3.05, 3.63) is 29.8 Å². The average molecular weight is 290 g/mol. The molecule has 1 saturated carbocycles. The van der Waals surface area contributed by atoms with Gasteiger partial charge in [-0.25, -0.2) is 4.79 Å². The average Bonchev–Trinajstić information content (AvgIpc) is 3.03. The standard InChI is InChI=1S/C16H22N2O3/c19-16(17-13-4-2-1-3-5-13)18-14-8-6-12(7-9-14)15-20-10-11-21-15/h6-9,13,15H,1-5,10-11H2,(H2,17,18,19). The molecule has 1 aliphatic carbocycles. The topological polar surface area (TPSA) is 59.6 Å². The van der Waals surface area contributed by atoms with Crippen LogP contribution in [0.2, 0.25) is 0 Å². The molecule has 0 bridgehead atoms. The number of hydrogen-bond donors (Lipinski definition) is 2. The van der Waals surface area contributed by atoms with Crippen molar-refractivity contribution in [2.45, 2.75) is 44.4 Å². The van der Waals surface area contributed by atoms with Crippen molar-refractivity contribution in [1.82, 2.24) is 5.32 Å². The minimum atomic E-state index is -0.268. The second kappa shape index (κ2) is 6.91. The lowest BCUT2D eigenvalue weighted by molar-refractivity contribution is -0.0441. The zero-order valence-electron chi connectivity index (χ0n) is 12.1. The Morgan fingerprint density at radius 1 is 1.00 bits per heavy atom. The van der Waals surface area contributed by atoms with Crippen LogP contribution in [0.1, 0.15) is 44.0 Å². The molecule has 0 unspecified atom stereocenters. The first-order valence-electron chi connectivity index (χ1n) is 7.72. The van der Waals surface area contributed by atoms with Crippen LogP contribution in [-0.4, -0.2) is 25.3 Å². The maximum absolute atomic E-state index is 12.0. The highest BCUT2D eigenvalue weighted by Crippen LogP contribution is 2.24. The maximum Gasteiger partial charge on any atom is 0.319 e. The van der Waals surface area contributed by atoms with Crippen LogP contribution in [0.25, 0.3) is 0 Å². The molecular formula is C16H22N2O3. The summed E-state index contributed by atoms with van der Waals surface area (Å²) in [7, 11) is 0. The lowest BCUT2D eigenvalue weighted by Crippen LogP contribution is -2.39. The van der Waals surface area contributed by atoms with E-state index in [0.29, 0.717) is 19.3 Å². The van der Waals surface area contributed by atoms with Crippen molar-refractivity contribution >= 4 is 11.7 Å². The summed E-state index contributed by atoms with van der Waals surface area (Å²) in [4.78, 5) is 12.0. The van der Waals surface area contributed by atoms with Gasteiger partial charge in [0.15, 0.2) is 6.29 Å². The molecule has 3 rings (SSSR count). The summed E-state index contributed by atoms with van der Waals surface area (Å²) in [6.45, 7) is 1.27. The Hall–Kier alpha value is -1.59. The zero-order chi connectivity index (χ0) is 14.5. The van der Waals surface area contributed by atoms with Gasteiger partial charge in [-0.1, -0.05) is 31.4 Å². The molecule has 1 saturated heterocycles. The molecule has 0 spiro atoms. The van der Waals surface area contributed by atoms with Gasteiger partial charge in [-0.05, 0) is 25.0 Å². The van der Waals surface area contributed by atoms with E-state index in [1.807, 2.05) is 24.3 Å². The van der Waals surface area contributed by atoms with Crippen LogP contribution in [0, 0.1) is 0 Å². The quantitative estimate of drug-likeness (QED) is 0.898. The Bertz CT molecular complexity index is 463. The molecule has 0 atom stereocenters. The summed E-state index contributed by atoms with van der Waals surface area (Å²) < 4.78 is 10.9. The van der Waals surface area contributed by atoms with Crippen LogP contribution in [0.5, 0.6) is 0 Å². The minimum Gasteiger partial charge on any atom is -0.346 e. The first-order chi connectivity index (χ1) is 10.3. The second-order valence-corrected chi connectivity index (χ2v) is 5.63. The van der Waals surface area contributed by atoms with Gasteiger partial charge in [0.2, 0.25) is 0 Å². The van der Waals surface area contributed by atoms with Gasteiger partial charge in [0.25, 0.3) is 0 Å². The van der Waals surface area contributed by atoms with Gasteiger partial charge < -0.3 is 20.1 Å². The fraction of sp³-hybridized carbons (Fsp3) is 0.562. The van der Waals surface area contributed by atoms with E-state index < -0.39 is 0 Å². The SMILES string of the molecule is O=C(Nc1ccc(C2OCCO2)cc1)NC1CCCCC1. The van der Waals surface area contributed by atoms with Gasteiger partial charge in [-0.15, -0.1) is 0 Å². The Balaban J connectivity index is 1.50. The van der Waals surface area contributed by atoms with Crippen molar-refractivity contribution in [3.8, 4) is 0 Å². The highest BCUT2D eigenvalue weighted by atomic mass is 16.7. The van der Waals surface area contributed by atoms with Gasteiger partial charge in [0, 0.05) is 17.3 Å². The van der Waals surface area contributed by atoms with E-state index in [0.717, 1.165) is 24.1 Å². The van der Waals surface area contributed by atoms with Gasteiger partial charge in [-0.2, -0.15) is 0 Å². The Morgan fingerprint density at radius 2 is 1.67 bits per heavy atom. The molecule has 21 heavy (non-hydrogen) atoms. The molecule has 5 heteroatoms. The highest BCUT2D eigenvalue weighted by molar-refractivity contribution is 5.89. The van der Waals surface area contributed by atoms with E-state index in [4.69, 9.17) is 9.47 Å². The Labute approximate surface area is 125 Å². The minimum absolute atomic E-state index is 0.122. The maximum atomic E-state index is 12.0. The Kier molecular flexibility index (Phi) is 4.72. The first-order valence-corrected chi connectivity index (χ1v) is 7.72. The van der Waals surface area contributed by atoms with Crippen LogP contribution in [0.3, 0.4) is 0 Å². The van der Waals surface area contributed by atoms with Gasteiger partial charge >= 0.3 is 6.03 Å². The molecule has 1 aromatic carbocycles. The molecule has 2 N–H and O–H groups in total. The molecule has 1 aliphatic heterocycles. The summed E-state index contributed by atoms with van der Waals surface area (Å²) >= 11 is 0. The number of carbonyl (C=O) groups excluding carboxylic acids is 1. The molecule has 2 amide bonds. The van der Waals surface area contributed by atoms with Gasteiger partial charge in [0.05, 0.1) is 13.2 Å². The molecule has 2 aliphatic rings. The van der Waals surface area contributed by atoms with Crippen molar-refractivity contribution in [3.63, 3.8) is 0 Å². The molecule has 1 aromatic rings. The summed E-state index contributed by atoms with van der Waals surface area (Å²) in [6, 6.07) is 7.79. The van der Waals surface area contributed by atoms with Crippen LogP contribution in [0.15, 0.2) is 24.3 Å². The number of ether oxygens (including phenoxy) is 2. The van der Waals surface area contributed by atoms with E-state index in [2.05, 4.69) is 10.6 Å². The highest BCUT2D eigenvalue weighted by Gasteiger charge is 2.18. The van der Waals surface area contributed by atoms with Gasteiger partial charge in [-0.3, -0.25) is 0 Å². The fourth-order valence-corrected chi connectivity index (χ4v) is 2.87. The summed E-state index contributed by atoms with van der Waals surface area (Å²) in [5, 5.41) is 5.91. The predicted molar refractivity (Wildman–Crippen MR) is 80.1 cm³/mol. The third-order valence-electron chi connectivity index (χ3n) is 4.00. The smallest absolute Gasteiger partial charge is 0.319 e. The molecule has 114 valence electrons. The Morgan fingerprint density at radius 3 is 2.33 bits per heavy atom. The molecule has 5 nitrogen and oxygen atoms in total. The van der Waals surface area contributed by atoms with Crippen molar-refractivity contribution in [1.29, 1.82) is 0 Å². The molecule has 2 fully saturated rings. The summed E-state index contributed by atoms with van der Waals surface area (Å²) in [5.74, 6) is 0. The van der Waals surface area contributed by atoms with Gasteiger partial charge in [0.1, 0.15) is 0 Å². The number of amides is 2. The molecule has 1 heterocycles. The monoisotopic (exact) mass is 290 g/mol.